The molecular formula is C13H25ClN2O2. The van der Waals surface area contributed by atoms with Gasteiger partial charge in [-0.1, -0.05) is 13.3 Å². The summed E-state index contributed by atoms with van der Waals surface area (Å²) < 4.78 is 5.40. The molecule has 2 heterocycles. The van der Waals surface area contributed by atoms with E-state index < -0.39 is 0 Å². The van der Waals surface area contributed by atoms with Gasteiger partial charge < -0.3 is 15.0 Å². The van der Waals surface area contributed by atoms with E-state index in [1.165, 1.54) is 12.8 Å². The first kappa shape index (κ1) is 15.7. The van der Waals surface area contributed by atoms with Gasteiger partial charge in [0.2, 0.25) is 5.91 Å². The zero-order chi connectivity index (χ0) is 12.1. The molecule has 2 saturated heterocycles. The predicted molar refractivity (Wildman–Crippen MR) is 74.1 cm³/mol. The lowest BCUT2D eigenvalue weighted by Crippen LogP contribution is -2.40. The Hall–Kier alpha value is -0.320. The molecule has 0 aromatic rings. The Balaban J connectivity index is 0.00000162. The largest absolute Gasteiger partial charge is 0.372 e. The molecule has 18 heavy (non-hydrogen) atoms. The summed E-state index contributed by atoms with van der Waals surface area (Å²) >= 11 is 0. The van der Waals surface area contributed by atoms with Crippen LogP contribution in [0.1, 0.15) is 39.0 Å². The second kappa shape index (κ2) is 7.97. The van der Waals surface area contributed by atoms with Crippen LogP contribution in [0.2, 0.25) is 0 Å². The number of likely N-dealkylation sites (tertiary alicyclic amines) is 1. The van der Waals surface area contributed by atoms with Crippen LogP contribution in [0.5, 0.6) is 0 Å². The summed E-state index contributed by atoms with van der Waals surface area (Å²) in [5, 5.41) is 3.58. The SMILES string of the molecule is CCCCOCC(=O)N1CCC2CCC(C1)N2.Cl. The van der Waals surface area contributed by atoms with Gasteiger partial charge in [-0.05, 0) is 25.7 Å². The fourth-order valence-corrected chi connectivity index (χ4v) is 2.67. The summed E-state index contributed by atoms with van der Waals surface area (Å²) in [5.41, 5.74) is 0. The van der Waals surface area contributed by atoms with Crippen LogP contribution in [0.4, 0.5) is 0 Å². The van der Waals surface area contributed by atoms with E-state index >= 15 is 0 Å². The van der Waals surface area contributed by atoms with Crippen molar-refractivity contribution in [1.29, 1.82) is 0 Å². The number of nitrogens with zero attached hydrogens (tertiary/aromatic N) is 1. The van der Waals surface area contributed by atoms with E-state index in [4.69, 9.17) is 4.74 Å². The van der Waals surface area contributed by atoms with Gasteiger partial charge in [-0.25, -0.2) is 0 Å². The molecule has 1 amide bonds. The van der Waals surface area contributed by atoms with Crippen LogP contribution in [0.15, 0.2) is 0 Å². The minimum absolute atomic E-state index is 0. The number of halogens is 1. The molecule has 0 saturated carbocycles. The molecule has 1 N–H and O–H groups in total. The average Bonchev–Trinajstić information content (AvgIpc) is 2.64. The number of hydrogen-bond acceptors (Lipinski definition) is 3. The summed E-state index contributed by atoms with van der Waals surface area (Å²) in [4.78, 5) is 13.9. The van der Waals surface area contributed by atoms with Gasteiger partial charge in [-0.3, -0.25) is 4.79 Å². The molecule has 2 bridgehead atoms. The molecular weight excluding hydrogens is 252 g/mol. The van der Waals surface area contributed by atoms with Crippen molar-refractivity contribution in [2.24, 2.45) is 0 Å². The van der Waals surface area contributed by atoms with Gasteiger partial charge in [0.15, 0.2) is 0 Å². The third-order valence-electron chi connectivity index (χ3n) is 3.74. The standard InChI is InChI=1S/C13H24N2O2.ClH/c1-2-3-8-17-10-13(16)15-7-6-11-4-5-12(9-15)14-11;/h11-12,14H,2-10H2,1H3;1H. The molecule has 4 nitrogen and oxygen atoms in total. The number of unbranched alkanes of at least 4 members (excludes halogenated alkanes) is 1. The molecule has 0 radical (unpaired) electrons. The van der Waals surface area contributed by atoms with Crippen LogP contribution >= 0.6 is 12.4 Å². The first-order chi connectivity index (χ1) is 8.29. The fourth-order valence-electron chi connectivity index (χ4n) is 2.67. The number of nitrogens with one attached hydrogen (secondary N) is 1. The molecule has 2 aliphatic heterocycles. The Bertz CT molecular complexity index is 263. The lowest BCUT2D eigenvalue weighted by Gasteiger charge is -2.24. The molecule has 2 rings (SSSR count). The van der Waals surface area contributed by atoms with Crippen LogP contribution < -0.4 is 5.32 Å². The maximum absolute atomic E-state index is 12.0. The zero-order valence-corrected chi connectivity index (χ0v) is 12.0. The number of amides is 1. The number of carbonyl (C=O) groups is 1. The van der Waals surface area contributed by atoms with Crippen LogP contribution in [-0.2, 0) is 9.53 Å². The molecule has 106 valence electrons. The molecule has 2 fully saturated rings. The van der Waals surface area contributed by atoms with E-state index in [-0.39, 0.29) is 24.9 Å². The van der Waals surface area contributed by atoms with Gasteiger partial charge in [-0.15, -0.1) is 12.4 Å². The highest BCUT2D eigenvalue weighted by atomic mass is 35.5. The average molecular weight is 277 g/mol. The third kappa shape index (κ3) is 4.41. The number of fused-ring (bicyclic) bond motifs is 2. The highest BCUT2D eigenvalue weighted by molar-refractivity contribution is 5.85. The van der Waals surface area contributed by atoms with Crippen molar-refractivity contribution in [1.82, 2.24) is 10.2 Å². The Morgan fingerprint density at radius 2 is 2.11 bits per heavy atom. The highest BCUT2D eigenvalue weighted by Gasteiger charge is 2.30. The summed E-state index contributed by atoms with van der Waals surface area (Å²) in [7, 11) is 0. The molecule has 0 aromatic heterocycles. The normalized spacial score (nSPS) is 26.6. The summed E-state index contributed by atoms with van der Waals surface area (Å²) in [6.07, 6.45) is 5.74. The van der Waals surface area contributed by atoms with Crippen LogP contribution in [0.3, 0.4) is 0 Å². The van der Waals surface area contributed by atoms with E-state index in [1.54, 1.807) is 0 Å². The Morgan fingerprint density at radius 3 is 2.89 bits per heavy atom. The van der Waals surface area contributed by atoms with Crippen molar-refractivity contribution in [2.75, 3.05) is 26.3 Å². The Morgan fingerprint density at radius 1 is 1.33 bits per heavy atom. The van der Waals surface area contributed by atoms with Gasteiger partial charge in [0, 0.05) is 31.8 Å². The van der Waals surface area contributed by atoms with E-state index in [2.05, 4.69) is 12.2 Å². The van der Waals surface area contributed by atoms with Crippen molar-refractivity contribution in [3.8, 4) is 0 Å². The van der Waals surface area contributed by atoms with Crippen molar-refractivity contribution < 1.29 is 9.53 Å². The molecule has 2 unspecified atom stereocenters. The third-order valence-corrected chi connectivity index (χ3v) is 3.74. The van der Waals surface area contributed by atoms with Gasteiger partial charge in [-0.2, -0.15) is 0 Å². The molecule has 5 heteroatoms. The molecule has 2 aliphatic rings. The monoisotopic (exact) mass is 276 g/mol. The van der Waals surface area contributed by atoms with Gasteiger partial charge in [0.1, 0.15) is 6.61 Å². The van der Waals surface area contributed by atoms with Crippen LogP contribution in [-0.4, -0.2) is 49.2 Å². The number of rotatable bonds is 5. The second-order valence-electron chi connectivity index (χ2n) is 5.17. The quantitative estimate of drug-likeness (QED) is 0.775. The van der Waals surface area contributed by atoms with Gasteiger partial charge in [0.05, 0.1) is 0 Å². The maximum atomic E-state index is 12.0. The lowest BCUT2D eigenvalue weighted by molar-refractivity contribution is -0.136. The van der Waals surface area contributed by atoms with Crippen molar-refractivity contribution in [2.45, 2.75) is 51.1 Å². The van der Waals surface area contributed by atoms with E-state index in [0.717, 1.165) is 32.4 Å². The first-order valence-electron chi connectivity index (χ1n) is 6.91. The molecule has 0 aromatic carbocycles. The number of hydrogen-bond donors (Lipinski definition) is 1. The zero-order valence-electron chi connectivity index (χ0n) is 11.2. The second-order valence-corrected chi connectivity index (χ2v) is 5.17. The smallest absolute Gasteiger partial charge is 0.248 e. The highest BCUT2D eigenvalue weighted by Crippen LogP contribution is 2.20. The summed E-state index contributed by atoms with van der Waals surface area (Å²) in [5.74, 6) is 0.162. The summed E-state index contributed by atoms with van der Waals surface area (Å²) in [6.45, 7) is 4.86. The molecule has 0 spiro atoms. The van der Waals surface area contributed by atoms with Crippen LogP contribution in [0.25, 0.3) is 0 Å². The summed E-state index contributed by atoms with van der Waals surface area (Å²) in [6, 6.07) is 1.15. The minimum Gasteiger partial charge on any atom is -0.372 e. The van der Waals surface area contributed by atoms with Crippen molar-refractivity contribution in [3.05, 3.63) is 0 Å². The predicted octanol–water partition coefficient (Wildman–Crippen LogP) is 1.58. The topological polar surface area (TPSA) is 41.6 Å². The molecule has 0 aliphatic carbocycles. The van der Waals surface area contributed by atoms with Crippen LogP contribution in [0, 0.1) is 0 Å². The lowest BCUT2D eigenvalue weighted by atomic mass is 10.1. The van der Waals surface area contributed by atoms with E-state index in [0.29, 0.717) is 18.7 Å². The van der Waals surface area contributed by atoms with E-state index in [9.17, 15) is 4.79 Å². The first-order valence-corrected chi connectivity index (χ1v) is 6.91. The number of ether oxygens (including phenoxy) is 1. The number of carbonyl (C=O) groups excluding carboxylic acids is 1. The Kier molecular flexibility index (Phi) is 6.97. The van der Waals surface area contributed by atoms with Gasteiger partial charge in [0.25, 0.3) is 0 Å². The van der Waals surface area contributed by atoms with Gasteiger partial charge >= 0.3 is 0 Å². The van der Waals surface area contributed by atoms with Crippen molar-refractivity contribution >= 4 is 18.3 Å². The molecule has 2 atom stereocenters. The Labute approximate surface area is 116 Å². The van der Waals surface area contributed by atoms with Crippen molar-refractivity contribution in [3.63, 3.8) is 0 Å². The van der Waals surface area contributed by atoms with E-state index in [1.807, 2.05) is 4.90 Å². The maximum Gasteiger partial charge on any atom is 0.248 e. The fraction of sp³-hybridized carbons (Fsp3) is 0.923. The minimum atomic E-state index is 0.